The van der Waals surface area contributed by atoms with Crippen molar-refractivity contribution in [3.8, 4) is 0 Å². The molecule has 0 atom stereocenters. The molecule has 1 rings (SSSR count). The van der Waals surface area contributed by atoms with Crippen LogP contribution in [0.5, 0.6) is 0 Å². The molecule has 5 nitrogen and oxygen atoms in total. The fourth-order valence-corrected chi connectivity index (χ4v) is 1.50. The number of carbonyl (C=O) groups is 2. The van der Waals surface area contributed by atoms with E-state index < -0.39 is 0 Å². The lowest BCUT2D eigenvalue weighted by molar-refractivity contribution is -0.114. The minimum atomic E-state index is -0.301. The molecule has 1 heterocycles. The van der Waals surface area contributed by atoms with Gasteiger partial charge in [-0.15, -0.1) is 11.3 Å². The maximum absolute atomic E-state index is 11.2. The van der Waals surface area contributed by atoms with Crippen LogP contribution in [0.15, 0.2) is 5.51 Å². The monoisotopic (exact) mass is 199 g/mol. The smallest absolute Gasteiger partial charge is 0.272 e. The number of aromatic nitrogens is 1. The highest BCUT2D eigenvalue weighted by molar-refractivity contribution is 7.14. The second-order valence-electron chi connectivity index (χ2n) is 2.29. The Hall–Kier alpha value is -1.43. The van der Waals surface area contributed by atoms with Crippen LogP contribution in [0, 0.1) is 0 Å². The fraction of sp³-hybridized carbons (Fsp3) is 0.286. The number of hydrogen-bond donors (Lipinski definition) is 2. The summed E-state index contributed by atoms with van der Waals surface area (Å²) >= 11 is 1.22. The molecule has 0 aliphatic carbocycles. The average molecular weight is 199 g/mol. The van der Waals surface area contributed by atoms with Crippen molar-refractivity contribution in [3.63, 3.8) is 0 Å². The molecule has 1 aromatic heterocycles. The number of nitrogens with zero attached hydrogens (tertiary/aromatic N) is 1. The molecule has 6 heteroatoms. The van der Waals surface area contributed by atoms with Gasteiger partial charge in [0.15, 0.2) is 5.69 Å². The molecule has 13 heavy (non-hydrogen) atoms. The third kappa shape index (κ3) is 2.25. The molecule has 0 aromatic carbocycles. The molecular weight excluding hydrogens is 190 g/mol. The number of nitrogens with one attached hydrogen (secondary N) is 2. The second kappa shape index (κ2) is 3.99. The molecule has 0 bridgehead atoms. The van der Waals surface area contributed by atoms with Crippen LogP contribution in [0.2, 0.25) is 0 Å². The SMILES string of the molecule is CNC(=O)c1ncsc1NC(C)=O. The molecule has 0 unspecified atom stereocenters. The Morgan fingerprint density at radius 2 is 2.23 bits per heavy atom. The molecule has 0 fully saturated rings. The summed E-state index contributed by atoms with van der Waals surface area (Å²) in [5.74, 6) is -0.514. The molecule has 0 saturated heterocycles. The Balaban J connectivity index is 2.89. The van der Waals surface area contributed by atoms with Crippen molar-refractivity contribution in [2.45, 2.75) is 6.92 Å². The van der Waals surface area contributed by atoms with Gasteiger partial charge in [0.2, 0.25) is 5.91 Å². The normalized spacial score (nSPS) is 9.38. The van der Waals surface area contributed by atoms with Crippen LogP contribution < -0.4 is 10.6 Å². The van der Waals surface area contributed by atoms with Crippen LogP contribution in [0.1, 0.15) is 17.4 Å². The van der Waals surface area contributed by atoms with Gasteiger partial charge >= 0.3 is 0 Å². The highest BCUT2D eigenvalue weighted by atomic mass is 32.1. The largest absolute Gasteiger partial charge is 0.354 e. The third-order valence-electron chi connectivity index (χ3n) is 1.30. The lowest BCUT2D eigenvalue weighted by atomic mass is 10.4. The lowest BCUT2D eigenvalue weighted by Crippen LogP contribution is -2.20. The molecule has 2 N–H and O–H groups in total. The standard InChI is InChI=1S/C7H9N3O2S/c1-4(11)10-7-5(6(12)8-2)9-3-13-7/h3H,1-2H3,(H,8,12)(H,10,11). The summed E-state index contributed by atoms with van der Waals surface area (Å²) in [5.41, 5.74) is 1.76. The number of carbonyl (C=O) groups excluding carboxylic acids is 2. The summed E-state index contributed by atoms with van der Waals surface area (Å²) in [5, 5.41) is 5.44. The molecule has 70 valence electrons. The molecule has 0 aliphatic heterocycles. The first-order chi connectivity index (χ1) is 6.15. The lowest BCUT2D eigenvalue weighted by Gasteiger charge is -2.00. The Morgan fingerprint density at radius 1 is 1.54 bits per heavy atom. The quantitative estimate of drug-likeness (QED) is 0.727. The second-order valence-corrected chi connectivity index (χ2v) is 3.15. The minimum absolute atomic E-state index is 0.214. The predicted octanol–water partition coefficient (Wildman–Crippen LogP) is 0.461. The summed E-state index contributed by atoms with van der Waals surface area (Å²) in [7, 11) is 1.51. The molecule has 0 spiro atoms. The Morgan fingerprint density at radius 3 is 2.77 bits per heavy atom. The summed E-state index contributed by atoms with van der Waals surface area (Å²) < 4.78 is 0. The van der Waals surface area contributed by atoms with E-state index in [0.29, 0.717) is 5.00 Å². The van der Waals surface area contributed by atoms with Crippen molar-refractivity contribution in [2.24, 2.45) is 0 Å². The van der Waals surface area contributed by atoms with E-state index in [9.17, 15) is 9.59 Å². The topological polar surface area (TPSA) is 71.1 Å². The van der Waals surface area contributed by atoms with Gasteiger partial charge in [0.1, 0.15) is 5.00 Å². The van der Waals surface area contributed by atoms with Crippen LogP contribution in [0.4, 0.5) is 5.00 Å². The van der Waals surface area contributed by atoms with Crippen LogP contribution in [-0.4, -0.2) is 23.8 Å². The molecule has 0 radical (unpaired) electrons. The van der Waals surface area contributed by atoms with Crippen LogP contribution in [0.3, 0.4) is 0 Å². The zero-order valence-corrected chi connectivity index (χ0v) is 8.07. The number of thiazole rings is 1. The van der Waals surface area contributed by atoms with Crippen molar-refractivity contribution in [2.75, 3.05) is 12.4 Å². The van der Waals surface area contributed by atoms with Crippen molar-refractivity contribution in [3.05, 3.63) is 11.2 Å². The summed E-state index contributed by atoms with van der Waals surface area (Å²) in [4.78, 5) is 25.7. The molecule has 0 aliphatic rings. The van der Waals surface area contributed by atoms with E-state index in [0.717, 1.165) is 0 Å². The van der Waals surface area contributed by atoms with Crippen molar-refractivity contribution in [1.29, 1.82) is 0 Å². The van der Waals surface area contributed by atoms with Gasteiger partial charge in [-0.3, -0.25) is 9.59 Å². The van der Waals surface area contributed by atoms with Gasteiger partial charge in [-0.2, -0.15) is 0 Å². The number of hydrogen-bond acceptors (Lipinski definition) is 4. The van der Waals surface area contributed by atoms with E-state index in [4.69, 9.17) is 0 Å². The van der Waals surface area contributed by atoms with Gasteiger partial charge in [0.05, 0.1) is 5.51 Å². The van der Waals surface area contributed by atoms with E-state index in [-0.39, 0.29) is 17.5 Å². The van der Waals surface area contributed by atoms with Gasteiger partial charge in [0.25, 0.3) is 5.91 Å². The molecular formula is C7H9N3O2S. The van der Waals surface area contributed by atoms with Crippen molar-refractivity contribution >= 4 is 28.2 Å². The highest BCUT2D eigenvalue weighted by Crippen LogP contribution is 2.19. The van der Waals surface area contributed by atoms with Crippen molar-refractivity contribution in [1.82, 2.24) is 10.3 Å². The van der Waals surface area contributed by atoms with Crippen LogP contribution in [0.25, 0.3) is 0 Å². The molecule has 0 saturated carbocycles. The van der Waals surface area contributed by atoms with Gasteiger partial charge in [-0.05, 0) is 0 Å². The first-order valence-corrected chi connectivity index (χ1v) is 4.46. The molecule has 1 aromatic rings. The minimum Gasteiger partial charge on any atom is -0.354 e. The van der Waals surface area contributed by atoms with E-state index in [1.807, 2.05) is 0 Å². The van der Waals surface area contributed by atoms with Crippen molar-refractivity contribution < 1.29 is 9.59 Å². The summed E-state index contributed by atoms with van der Waals surface area (Å²) in [6.07, 6.45) is 0. The zero-order valence-electron chi connectivity index (χ0n) is 7.25. The van der Waals surface area contributed by atoms with Gasteiger partial charge in [-0.25, -0.2) is 4.98 Å². The number of rotatable bonds is 2. The van der Waals surface area contributed by atoms with Gasteiger partial charge in [-0.1, -0.05) is 0 Å². The van der Waals surface area contributed by atoms with Gasteiger partial charge < -0.3 is 10.6 Å². The first kappa shape index (κ1) is 9.66. The Kier molecular flexibility index (Phi) is 2.97. The predicted molar refractivity (Wildman–Crippen MR) is 49.8 cm³/mol. The zero-order chi connectivity index (χ0) is 9.84. The van der Waals surface area contributed by atoms with Gasteiger partial charge in [0, 0.05) is 14.0 Å². The first-order valence-electron chi connectivity index (χ1n) is 3.58. The van der Waals surface area contributed by atoms with E-state index in [1.54, 1.807) is 0 Å². The Bertz CT molecular complexity index is 334. The maximum atomic E-state index is 11.2. The molecule has 2 amide bonds. The Labute approximate surface area is 79.2 Å². The van der Waals surface area contributed by atoms with E-state index >= 15 is 0 Å². The highest BCUT2D eigenvalue weighted by Gasteiger charge is 2.13. The van der Waals surface area contributed by atoms with E-state index in [2.05, 4.69) is 15.6 Å². The third-order valence-corrected chi connectivity index (χ3v) is 2.04. The maximum Gasteiger partial charge on any atom is 0.272 e. The summed E-state index contributed by atoms with van der Waals surface area (Å²) in [6, 6.07) is 0. The summed E-state index contributed by atoms with van der Waals surface area (Å²) in [6.45, 7) is 1.38. The van der Waals surface area contributed by atoms with Crippen LogP contribution >= 0.6 is 11.3 Å². The van der Waals surface area contributed by atoms with Crippen LogP contribution in [-0.2, 0) is 4.79 Å². The average Bonchev–Trinajstić information content (AvgIpc) is 2.50. The fourth-order valence-electron chi connectivity index (χ4n) is 0.775. The van der Waals surface area contributed by atoms with E-state index in [1.165, 1.54) is 30.8 Å². The number of anilines is 1. The number of amides is 2.